The molecule has 0 aliphatic carbocycles. The molecule has 3 N–H and O–H groups in total. The van der Waals surface area contributed by atoms with Crippen LogP contribution < -0.4 is 10.6 Å². The second kappa shape index (κ2) is 10.7. The molecule has 0 saturated heterocycles. The Morgan fingerprint density at radius 3 is 2.24 bits per heavy atom. The van der Waals surface area contributed by atoms with Gasteiger partial charge in [0.2, 0.25) is 0 Å². The first-order valence-corrected chi connectivity index (χ1v) is 11.7. The van der Waals surface area contributed by atoms with Crippen LogP contribution >= 0.6 is 24.0 Å². The Morgan fingerprint density at radius 1 is 0.921 bits per heavy atom. The molecule has 6 nitrogen and oxygen atoms in total. The number of halogens is 5. The predicted octanol–water partition coefficient (Wildman–Crippen LogP) is 7.77. The molecule has 0 aliphatic rings. The minimum Gasteiger partial charge on any atom is -0.341 e. The number of carbonyl (C=O) groups excluding carboxylic acids is 2. The van der Waals surface area contributed by atoms with Crippen LogP contribution in [0, 0.1) is 6.92 Å². The SMILES string of the molecule is Cc1c(Cl)cccc1NC(=O)c1cc(NC(=O)c2ccccc2C(F)(F)F)cc2[nH]c(C(C)(C)C)nc12.Cl. The molecule has 0 radical (unpaired) electrons. The summed E-state index contributed by atoms with van der Waals surface area (Å²) < 4.78 is 40.4. The highest BCUT2D eigenvalue weighted by Crippen LogP contribution is 2.33. The number of H-pyrrole nitrogens is 1. The number of aromatic amines is 1. The normalized spacial score (nSPS) is 11.7. The van der Waals surface area contributed by atoms with Crippen molar-refractivity contribution in [3.05, 3.63) is 87.7 Å². The highest BCUT2D eigenvalue weighted by molar-refractivity contribution is 6.31. The van der Waals surface area contributed by atoms with Gasteiger partial charge in [-0.05, 0) is 48.9 Å². The van der Waals surface area contributed by atoms with E-state index in [1.807, 2.05) is 20.8 Å². The van der Waals surface area contributed by atoms with Crippen molar-refractivity contribution in [2.75, 3.05) is 10.6 Å². The van der Waals surface area contributed by atoms with E-state index in [2.05, 4.69) is 20.6 Å². The number of anilines is 2. The van der Waals surface area contributed by atoms with Crippen molar-refractivity contribution < 1.29 is 22.8 Å². The van der Waals surface area contributed by atoms with Crippen LogP contribution in [0.25, 0.3) is 11.0 Å². The average molecular weight is 565 g/mol. The monoisotopic (exact) mass is 564 g/mol. The number of imidazole rings is 1. The molecule has 2 amide bonds. The smallest absolute Gasteiger partial charge is 0.341 e. The Kier molecular flexibility index (Phi) is 8.14. The molecule has 0 saturated carbocycles. The topological polar surface area (TPSA) is 86.9 Å². The molecule has 200 valence electrons. The lowest BCUT2D eigenvalue weighted by Gasteiger charge is -2.14. The van der Waals surface area contributed by atoms with Gasteiger partial charge in [-0.3, -0.25) is 9.59 Å². The van der Waals surface area contributed by atoms with Gasteiger partial charge in [0, 0.05) is 21.8 Å². The summed E-state index contributed by atoms with van der Waals surface area (Å²) in [7, 11) is 0. The zero-order valence-corrected chi connectivity index (χ0v) is 22.5. The molecule has 0 aliphatic heterocycles. The van der Waals surface area contributed by atoms with Gasteiger partial charge in [0.25, 0.3) is 11.8 Å². The van der Waals surface area contributed by atoms with Crippen LogP contribution in [-0.2, 0) is 11.6 Å². The number of hydrogen-bond donors (Lipinski definition) is 3. The van der Waals surface area contributed by atoms with E-state index in [1.54, 1.807) is 25.1 Å². The second-order valence-corrected chi connectivity index (χ2v) is 10.0. The Balaban J connectivity index is 0.00000400. The van der Waals surface area contributed by atoms with Crippen LogP contribution in [0.1, 0.15) is 58.4 Å². The molecule has 1 heterocycles. The summed E-state index contributed by atoms with van der Waals surface area (Å²) in [6.45, 7) is 7.58. The third kappa shape index (κ3) is 5.95. The Bertz CT molecular complexity index is 1530. The first-order valence-electron chi connectivity index (χ1n) is 11.3. The number of rotatable bonds is 4. The predicted molar refractivity (Wildman–Crippen MR) is 146 cm³/mol. The summed E-state index contributed by atoms with van der Waals surface area (Å²) in [6.07, 6.45) is -4.71. The Labute approximate surface area is 228 Å². The quantitative estimate of drug-likeness (QED) is 0.236. The molecule has 0 bridgehead atoms. The van der Waals surface area contributed by atoms with Crippen LogP contribution in [-0.4, -0.2) is 21.8 Å². The molecule has 0 atom stereocenters. The van der Waals surface area contributed by atoms with Gasteiger partial charge >= 0.3 is 6.18 Å². The van der Waals surface area contributed by atoms with Gasteiger partial charge < -0.3 is 15.6 Å². The van der Waals surface area contributed by atoms with Crippen molar-refractivity contribution in [2.45, 2.75) is 39.3 Å². The van der Waals surface area contributed by atoms with Crippen LogP contribution in [0.15, 0.2) is 54.6 Å². The van der Waals surface area contributed by atoms with Gasteiger partial charge in [-0.25, -0.2) is 4.98 Å². The number of alkyl halides is 3. The minimum atomic E-state index is -4.71. The number of benzene rings is 3. The molecule has 0 fully saturated rings. The maximum absolute atomic E-state index is 13.5. The van der Waals surface area contributed by atoms with Gasteiger partial charge in [0.05, 0.1) is 22.2 Å². The summed E-state index contributed by atoms with van der Waals surface area (Å²) in [5.74, 6) is -0.879. The molecule has 4 aromatic rings. The largest absolute Gasteiger partial charge is 0.417 e. The van der Waals surface area contributed by atoms with Crippen LogP contribution in [0.3, 0.4) is 0 Å². The van der Waals surface area contributed by atoms with Crippen molar-refractivity contribution in [3.63, 3.8) is 0 Å². The zero-order valence-electron chi connectivity index (χ0n) is 20.9. The third-order valence-electron chi connectivity index (χ3n) is 5.79. The highest BCUT2D eigenvalue weighted by Gasteiger charge is 2.35. The number of fused-ring (bicyclic) bond motifs is 1. The molecule has 38 heavy (non-hydrogen) atoms. The van der Waals surface area contributed by atoms with E-state index >= 15 is 0 Å². The number of nitrogens with one attached hydrogen (secondary N) is 3. The maximum Gasteiger partial charge on any atom is 0.417 e. The van der Waals surface area contributed by atoms with Gasteiger partial charge in [-0.1, -0.05) is 50.6 Å². The van der Waals surface area contributed by atoms with Crippen LogP contribution in [0.4, 0.5) is 24.5 Å². The number of hydrogen-bond acceptors (Lipinski definition) is 3. The van der Waals surface area contributed by atoms with E-state index in [4.69, 9.17) is 11.6 Å². The van der Waals surface area contributed by atoms with Gasteiger partial charge in [0.15, 0.2) is 0 Å². The molecular formula is C27H25Cl2F3N4O2. The minimum absolute atomic E-state index is 0. The lowest BCUT2D eigenvalue weighted by molar-refractivity contribution is -0.137. The van der Waals surface area contributed by atoms with E-state index < -0.39 is 29.1 Å². The van der Waals surface area contributed by atoms with Crippen LogP contribution in [0.2, 0.25) is 5.02 Å². The number of aromatic nitrogens is 2. The summed E-state index contributed by atoms with van der Waals surface area (Å²) in [5.41, 5.74) is 0.247. The maximum atomic E-state index is 13.5. The van der Waals surface area contributed by atoms with E-state index in [0.717, 1.165) is 12.1 Å². The van der Waals surface area contributed by atoms with E-state index in [9.17, 15) is 22.8 Å². The summed E-state index contributed by atoms with van der Waals surface area (Å²) in [4.78, 5) is 34.0. The molecule has 1 aromatic heterocycles. The molecule has 4 rings (SSSR count). The summed E-state index contributed by atoms with van der Waals surface area (Å²) >= 11 is 6.18. The fourth-order valence-corrected chi connectivity index (χ4v) is 3.95. The van der Waals surface area contributed by atoms with Gasteiger partial charge in [-0.15, -0.1) is 12.4 Å². The molecule has 0 unspecified atom stereocenters. The van der Waals surface area contributed by atoms with Gasteiger partial charge in [0.1, 0.15) is 11.3 Å². The Hall–Kier alpha value is -3.56. The molecular weight excluding hydrogens is 540 g/mol. The van der Waals surface area contributed by atoms with Crippen molar-refractivity contribution in [2.24, 2.45) is 0 Å². The molecule has 0 spiro atoms. The number of carbonyl (C=O) groups is 2. The zero-order chi connectivity index (χ0) is 27.1. The van der Waals surface area contributed by atoms with Crippen molar-refractivity contribution in [1.82, 2.24) is 9.97 Å². The summed E-state index contributed by atoms with van der Waals surface area (Å²) in [5, 5.41) is 5.79. The first kappa shape index (κ1) is 29.0. The van der Waals surface area contributed by atoms with Crippen molar-refractivity contribution in [3.8, 4) is 0 Å². The summed E-state index contributed by atoms with van der Waals surface area (Å²) in [6, 6.07) is 12.5. The highest BCUT2D eigenvalue weighted by atomic mass is 35.5. The fraction of sp³-hybridized carbons (Fsp3) is 0.222. The Morgan fingerprint density at radius 2 is 1.58 bits per heavy atom. The van der Waals surface area contributed by atoms with E-state index in [-0.39, 0.29) is 29.1 Å². The molecule has 11 heteroatoms. The third-order valence-corrected chi connectivity index (χ3v) is 6.20. The average Bonchev–Trinajstić information content (AvgIpc) is 3.26. The van der Waals surface area contributed by atoms with Crippen molar-refractivity contribution >= 4 is 58.2 Å². The van der Waals surface area contributed by atoms with Gasteiger partial charge in [-0.2, -0.15) is 13.2 Å². The lowest BCUT2D eigenvalue weighted by Crippen LogP contribution is -2.19. The van der Waals surface area contributed by atoms with Crippen LogP contribution in [0.5, 0.6) is 0 Å². The van der Waals surface area contributed by atoms with E-state index in [0.29, 0.717) is 33.1 Å². The fourth-order valence-electron chi connectivity index (χ4n) is 3.78. The number of amides is 2. The standard InChI is InChI=1S/C27H24ClF3N4O2.ClH/c1-14-19(28)10-7-11-20(14)33-24(37)17-12-15(13-21-22(17)35-25(34-21)26(2,3)4)32-23(36)16-8-5-6-9-18(16)27(29,30)31;/h5-13H,1-4H3,(H,32,36)(H,33,37)(H,34,35);1H. The number of nitrogens with zero attached hydrogens (tertiary/aromatic N) is 1. The lowest BCUT2D eigenvalue weighted by atomic mass is 9.96. The van der Waals surface area contributed by atoms with E-state index in [1.165, 1.54) is 24.3 Å². The second-order valence-electron chi connectivity index (χ2n) is 9.62. The first-order chi connectivity index (χ1) is 17.3. The molecule has 3 aromatic carbocycles. The van der Waals surface area contributed by atoms with Crippen molar-refractivity contribution in [1.29, 1.82) is 0 Å².